The van der Waals surface area contributed by atoms with Gasteiger partial charge in [-0.2, -0.15) is 0 Å². The van der Waals surface area contributed by atoms with Crippen LogP contribution in [0, 0.1) is 11.7 Å². The molecule has 0 radical (unpaired) electrons. The maximum absolute atomic E-state index is 13.7. The van der Waals surface area contributed by atoms with Gasteiger partial charge in [0.05, 0.1) is 13.0 Å². The van der Waals surface area contributed by atoms with Crippen molar-refractivity contribution >= 4 is 5.97 Å². The van der Waals surface area contributed by atoms with Gasteiger partial charge in [0.15, 0.2) is 11.6 Å². The first-order valence-electron chi connectivity index (χ1n) is 6.71. The van der Waals surface area contributed by atoms with Crippen LogP contribution in [0.1, 0.15) is 32.4 Å². The van der Waals surface area contributed by atoms with Gasteiger partial charge in [-0.1, -0.05) is 19.9 Å². The van der Waals surface area contributed by atoms with Crippen LogP contribution in [-0.2, 0) is 4.79 Å². The number of ether oxygens (including phenoxy) is 1. The third-order valence-electron chi connectivity index (χ3n) is 3.54. The van der Waals surface area contributed by atoms with E-state index in [-0.39, 0.29) is 11.8 Å². The van der Waals surface area contributed by atoms with Crippen LogP contribution in [0.2, 0.25) is 0 Å². The van der Waals surface area contributed by atoms with E-state index in [1.165, 1.54) is 13.2 Å². The van der Waals surface area contributed by atoms with Crippen molar-refractivity contribution in [3.63, 3.8) is 0 Å². The Balaban J connectivity index is 2.87. The third kappa shape index (κ3) is 3.93. The van der Waals surface area contributed by atoms with E-state index in [2.05, 4.69) is 0 Å². The maximum atomic E-state index is 13.7. The molecule has 0 aliphatic carbocycles. The van der Waals surface area contributed by atoms with Crippen molar-refractivity contribution in [3.8, 4) is 5.75 Å². The number of hydrogen-bond donors (Lipinski definition) is 1. The summed E-state index contributed by atoms with van der Waals surface area (Å²) < 4.78 is 18.6. The summed E-state index contributed by atoms with van der Waals surface area (Å²) in [5.74, 6) is -1.47. The minimum atomic E-state index is -0.823. The number of hydrogen-bond acceptors (Lipinski definition) is 3. The molecule has 2 unspecified atom stereocenters. The SMILES string of the molecule is CCN(CC(C)C(=O)O)C(C)c1ccc(OC)c(F)c1. The molecule has 20 heavy (non-hydrogen) atoms. The molecule has 1 N–H and O–H groups in total. The van der Waals surface area contributed by atoms with E-state index in [9.17, 15) is 9.18 Å². The first kappa shape index (κ1) is 16.4. The summed E-state index contributed by atoms with van der Waals surface area (Å²) >= 11 is 0. The van der Waals surface area contributed by atoms with E-state index >= 15 is 0 Å². The Morgan fingerprint density at radius 1 is 1.45 bits per heavy atom. The van der Waals surface area contributed by atoms with Crippen LogP contribution in [0.4, 0.5) is 4.39 Å². The molecule has 0 fully saturated rings. The molecule has 0 aliphatic heterocycles. The zero-order valence-electron chi connectivity index (χ0n) is 12.4. The molecule has 0 aromatic heterocycles. The Bertz CT molecular complexity index is 464. The normalized spacial score (nSPS) is 14.1. The highest BCUT2D eigenvalue weighted by Gasteiger charge is 2.21. The van der Waals surface area contributed by atoms with Crippen LogP contribution in [-0.4, -0.2) is 36.2 Å². The highest BCUT2D eigenvalue weighted by molar-refractivity contribution is 5.69. The van der Waals surface area contributed by atoms with Gasteiger partial charge in [0.25, 0.3) is 0 Å². The molecule has 0 spiro atoms. The van der Waals surface area contributed by atoms with Crippen LogP contribution < -0.4 is 4.74 Å². The molecule has 112 valence electrons. The number of methoxy groups -OCH3 is 1. The summed E-state index contributed by atoms with van der Waals surface area (Å²) in [6.45, 7) is 6.71. The molecule has 0 heterocycles. The van der Waals surface area contributed by atoms with Gasteiger partial charge in [-0.25, -0.2) is 4.39 Å². The zero-order chi connectivity index (χ0) is 15.3. The number of benzene rings is 1. The lowest BCUT2D eigenvalue weighted by molar-refractivity contribution is -0.141. The fraction of sp³-hybridized carbons (Fsp3) is 0.533. The molecule has 1 aromatic rings. The lowest BCUT2D eigenvalue weighted by atomic mass is 10.0. The second-order valence-corrected chi connectivity index (χ2v) is 4.90. The van der Waals surface area contributed by atoms with Gasteiger partial charge in [0, 0.05) is 12.6 Å². The summed E-state index contributed by atoms with van der Waals surface area (Å²) in [6.07, 6.45) is 0. The number of aliphatic carboxylic acids is 1. The molecule has 2 atom stereocenters. The van der Waals surface area contributed by atoms with Gasteiger partial charge in [-0.15, -0.1) is 0 Å². The Labute approximate surface area is 119 Å². The first-order valence-corrected chi connectivity index (χ1v) is 6.71. The van der Waals surface area contributed by atoms with Gasteiger partial charge in [0.1, 0.15) is 0 Å². The minimum Gasteiger partial charge on any atom is -0.494 e. The van der Waals surface area contributed by atoms with E-state index < -0.39 is 17.7 Å². The van der Waals surface area contributed by atoms with Crippen molar-refractivity contribution in [3.05, 3.63) is 29.6 Å². The molecule has 0 amide bonds. The van der Waals surface area contributed by atoms with Crippen LogP contribution in [0.3, 0.4) is 0 Å². The summed E-state index contributed by atoms with van der Waals surface area (Å²) in [6, 6.07) is 4.79. The van der Waals surface area contributed by atoms with Crippen molar-refractivity contribution in [2.24, 2.45) is 5.92 Å². The Hall–Kier alpha value is -1.62. The highest BCUT2D eigenvalue weighted by atomic mass is 19.1. The molecule has 1 aromatic carbocycles. The van der Waals surface area contributed by atoms with Crippen LogP contribution >= 0.6 is 0 Å². The number of halogens is 1. The van der Waals surface area contributed by atoms with Crippen LogP contribution in [0.5, 0.6) is 5.75 Å². The molecule has 4 nitrogen and oxygen atoms in total. The number of carboxylic acids is 1. The van der Waals surface area contributed by atoms with Gasteiger partial charge < -0.3 is 9.84 Å². The number of rotatable bonds is 7. The van der Waals surface area contributed by atoms with Crippen molar-refractivity contribution in [2.75, 3.05) is 20.2 Å². The predicted octanol–water partition coefficient (Wildman–Crippen LogP) is 2.94. The molecular weight excluding hydrogens is 261 g/mol. The number of carbonyl (C=O) groups is 1. The van der Waals surface area contributed by atoms with Crippen LogP contribution in [0.25, 0.3) is 0 Å². The average molecular weight is 283 g/mol. The summed E-state index contributed by atoms with van der Waals surface area (Å²) in [5.41, 5.74) is 0.808. The summed E-state index contributed by atoms with van der Waals surface area (Å²) in [5, 5.41) is 8.99. The Morgan fingerprint density at radius 3 is 2.55 bits per heavy atom. The van der Waals surface area contributed by atoms with E-state index in [1.54, 1.807) is 19.1 Å². The van der Waals surface area contributed by atoms with E-state index in [1.807, 2.05) is 18.7 Å². The third-order valence-corrected chi connectivity index (χ3v) is 3.54. The average Bonchev–Trinajstić information content (AvgIpc) is 2.43. The zero-order valence-corrected chi connectivity index (χ0v) is 12.4. The molecule has 1 rings (SSSR count). The molecule has 5 heteroatoms. The number of nitrogens with zero attached hydrogens (tertiary/aromatic N) is 1. The van der Waals surface area contributed by atoms with Crippen molar-refractivity contribution in [1.82, 2.24) is 4.90 Å². The fourth-order valence-electron chi connectivity index (χ4n) is 2.14. The predicted molar refractivity (Wildman–Crippen MR) is 75.4 cm³/mol. The van der Waals surface area contributed by atoms with Crippen molar-refractivity contribution < 1.29 is 19.0 Å². The molecular formula is C15H22FNO3. The van der Waals surface area contributed by atoms with Gasteiger partial charge >= 0.3 is 5.97 Å². The monoisotopic (exact) mass is 283 g/mol. The largest absolute Gasteiger partial charge is 0.494 e. The molecule has 0 saturated heterocycles. The lowest BCUT2D eigenvalue weighted by Gasteiger charge is -2.29. The Kier molecular flexibility index (Phi) is 5.95. The first-order chi connectivity index (χ1) is 9.40. The lowest BCUT2D eigenvalue weighted by Crippen LogP contribution is -2.33. The van der Waals surface area contributed by atoms with E-state index in [0.717, 1.165) is 5.56 Å². The Morgan fingerprint density at radius 2 is 2.10 bits per heavy atom. The second kappa shape index (κ2) is 7.24. The molecule has 0 aliphatic rings. The van der Waals surface area contributed by atoms with Gasteiger partial charge in [0.2, 0.25) is 0 Å². The smallest absolute Gasteiger partial charge is 0.307 e. The maximum Gasteiger partial charge on any atom is 0.307 e. The topological polar surface area (TPSA) is 49.8 Å². The summed E-state index contributed by atoms with van der Waals surface area (Å²) in [7, 11) is 1.43. The van der Waals surface area contributed by atoms with Crippen molar-refractivity contribution in [1.29, 1.82) is 0 Å². The second-order valence-electron chi connectivity index (χ2n) is 4.90. The number of carboxylic acid groups (broad SMARTS) is 1. The molecule has 0 saturated carbocycles. The quantitative estimate of drug-likeness (QED) is 0.836. The fourth-order valence-corrected chi connectivity index (χ4v) is 2.14. The standard InChI is InChI=1S/C15H22FNO3/c1-5-17(9-10(2)15(18)19)11(3)12-6-7-14(20-4)13(16)8-12/h6-8,10-11H,5,9H2,1-4H3,(H,18,19). The summed E-state index contributed by atoms with van der Waals surface area (Å²) in [4.78, 5) is 13.0. The highest BCUT2D eigenvalue weighted by Crippen LogP contribution is 2.25. The van der Waals surface area contributed by atoms with E-state index in [4.69, 9.17) is 9.84 Å². The minimum absolute atomic E-state index is 0.0535. The van der Waals surface area contributed by atoms with E-state index in [0.29, 0.717) is 13.1 Å². The van der Waals surface area contributed by atoms with Crippen LogP contribution in [0.15, 0.2) is 18.2 Å². The van der Waals surface area contributed by atoms with Gasteiger partial charge in [-0.05, 0) is 31.2 Å². The molecule has 0 bridgehead atoms. The van der Waals surface area contributed by atoms with Gasteiger partial charge in [-0.3, -0.25) is 9.69 Å². The van der Waals surface area contributed by atoms with Crippen molar-refractivity contribution in [2.45, 2.75) is 26.8 Å².